The zero-order chi connectivity index (χ0) is 25.5. The third kappa shape index (κ3) is 9.60. The third-order valence-corrected chi connectivity index (χ3v) is 6.56. The average molecular weight is 509 g/mol. The van der Waals surface area contributed by atoms with Crippen LogP contribution in [-0.4, -0.2) is 40.3 Å². The van der Waals surface area contributed by atoms with Gasteiger partial charge in [-0.2, -0.15) is 0 Å². The molecular formula is C26H40N2O4S2. The molecule has 34 heavy (non-hydrogen) atoms. The second-order valence-electron chi connectivity index (χ2n) is 7.76. The fraction of sp³-hybridized carbons (Fsp3) is 0.500. The lowest BCUT2D eigenvalue weighted by Crippen LogP contribution is -2.24. The van der Waals surface area contributed by atoms with Crippen molar-refractivity contribution in [2.75, 3.05) is 39.3 Å². The van der Waals surface area contributed by atoms with Gasteiger partial charge in [-0.05, 0) is 68.5 Å². The second-order valence-corrected chi connectivity index (χ2v) is 9.41. The van der Waals surface area contributed by atoms with E-state index in [0.717, 1.165) is 46.9 Å². The molecule has 0 fully saturated rings. The van der Waals surface area contributed by atoms with Gasteiger partial charge in [0.1, 0.15) is 18.0 Å². The number of methoxy groups -OCH3 is 1. The predicted molar refractivity (Wildman–Crippen MR) is 147 cm³/mol. The lowest BCUT2D eigenvalue weighted by molar-refractivity contribution is -0.137. The number of ether oxygens (including phenoxy) is 2. The number of nitrogens with zero attached hydrogens (tertiary/aromatic N) is 1. The second kappa shape index (κ2) is 16.5. The molecular weight excluding hydrogens is 468 g/mol. The SMILES string of the molecule is CCOC(=O)/C=C/c1c(CC)cc(N(C)CC(C)CC)c(C)c1OC.CNSOc1cccs1. The zero-order valence-corrected chi connectivity index (χ0v) is 23.4. The summed E-state index contributed by atoms with van der Waals surface area (Å²) in [5.41, 5.74) is 4.39. The number of esters is 1. The Balaban J connectivity index is 0.000000533. The van der Waals surface area contributed by atoms with E-state index in [1.54, 1.807) is 31.4 Å². The van der Waals surface area contributed by atoms with Crippen molar-refractivity contribution in [2.24, 2.45) is 5.92 Å². The largest absolute Gasteiger partial charge is 0.496 e. The Morgan fingerprint density at radius 1 is 1.32 bits per heavy atom. The third-order valence-electron chi connectivity index (χ3n) is 5.28. The van der Waals surface area contributed by atoms with Gasteiger partial charge < -0.3 is 18.6 Å². The molecule has 0 saturated heterocycles. The standard InChI is InChI=1S/C21H33NO3.C5H7NOS2/c1-8-15(4)14-22(6)19-13-17(9-2)18(21(24-7)16(19)5)11-12-20(23)25-10-3;1-6-9-7-5-3-2-4-8-5/h11-13,15H,8-10,14H2,1-7H3;2-4,6H,1H3/b12-11+;. The van der Waals surface area contributed by atoms with Crippen molar-refractivity contribution in [1.82, 2.24) is 4.72 Å². The number of anilines is 1. The number of benzene rings is 1. The van der Waals surface area contributed by atoms with Gasteiger partial charge in [-0.3, -0.25) is 0 Å². The minimum absolute atomic E-state index is 0.331. The van der Waals surface area contributed by atoms with Crippen molar-refractivity contribution in [3.8, 4) is 10.8 Å². The number of rotatable bonds is 12. The summed E-state index contributed by atoms with van der Waals surface area (Å²) < 4.78 is 18.6. The minimum atomic E-state index is -0.331. The smallest absolute Gasteiger partial charge is 0.330 e. The normalized spacial score (nSPS) is 11.5. The fourth-order valence-corrected chi connectivity index (χ4v) is 4.31. The van der Waals surface area contributed by atoms with Crippen LogP contribution < -0.4 is 18.5 Å². The number of hydrogen-bond acceptors (Lipinski definition) is 8. The average Bonchev–Trinajstić information content (AvgIpc) is 3.35. The molecule has 1 heterocycles. The molecule has 8 heteroatoms. The zero-order valence-electron chi connectivity index (χ0n) is 21.8. The Labute approximate surface area is 214 Å². The highest BCUT2D eigenvalue weighted by Crippen LogP contribution is 2.36. The van der Waals surface area contributed by atoms with Crippen LogP contribution in [0, 0.1) is 12.8 Å². The molecule has 0 radical (unpaired) electrons. The first-order valence-electron chi connectivity index (χ1n) is 11.6. The van der Waals surface area contributed by atoms with Crippen LogP contribution in [-0.2, 0) is 16.0 Å². The maximum Gasteiger partial charge on any atom is 0.330 e. The molecule has 2 aromatic rings. The van der Waals surface area contributed by atoms with Crippen LogP contribution in [0.3, 0.4) is 0 Å². The fourth-order valence-electron chi connectivity index (χ4n) is 3.38. The molecule has 0 aliphatic heterocycles. The first-order valence-corrected chi connectivity index (χ1v) is 13.2. The lowest BCUT2D eigenvalue weighted by Gasteiger charge is -2.27. The summed E-state index contributed by atoms with van der Waals surface area (Å²) in [7, 11) is 5.63. The van der Waals surface area contributed by atoms with Gasteiger partial charge in [0.2, 0.25) is 0 Å². The predicted octanol–water partition coefficient (Wildman–Crippen LogP) is 6.53. The van der Waals surface area contributed by atoms with E-state index in [1.165, 1.54) is 24.0 Å². The summed E-state index contributed by atoms with van der Waals surface area (Å²) in [5, 5.41) is 2.90. The molecule has 0 aliphatic rings. The van der Waals surface area contributed by atoms with E-state index in [4.69, 9.17) is 13.7 Å². The number of aryl methyl sites for hydroxylation is 1. The van der Waals surface area contributed by atoms with Crippen molar-refractivity contribution in [3.63, 3.8) is 0 Å². The molecule has 190 valence electrons. The molecule has 1 aromatic carbocycles. The van der Waals surface area contributed by atoms with Gasteiger partial charge in [0.05, 0.1) is 13.7 Å². The summed E-state index contributed by atoms with van der Waals surface area (Å²) in [6.45, 7) is 11.8. The van der Waals surface area contributed by atoms with Crippen LogP contribution in [0.4, 0.5) is 5.69 Å². The summed E-state index contributed by atoms with van der Waals surface area (Å²) in [6.07, 6.45) is 5.30. The lowest BCUT2D eigenvalue weighted by atomic mass is 9.97. The summed E-state index contributed by atoms with van der Waals surface area (Å²) in [6, 6.07) is 6.09. The molecule has 0 saturated carbocycles. The van der Waals surface area contributed by atoms with Crippen LogP contribution >= 0.6 is 23.6 Å². The Morgan fingerprint density at radius 2 is 2.06 bits per heavy atom. The minimum Gasteiger partial charge on any atom is -0.496 e. The van der Waals surface area contributed by atoms with Crippen LogP contribution in [0.25, 0.3) is 6.08 Å². The van der Waals surface area contributed by atoms with Crippen molar-refractivity contribution < 1.29 is 18.5 Å². The molecule has 1 N–H and O–H groups in total. The van der Waals surface area contributed by atoms with E-state index in [-0.39, 0.29) is 5.97 Å². The van der Waals surface area contributed by atoms with Gasteiger partial charge in [-0.15, -0.1) is 11.3 Å². The molecule has 0 bridgehead atoms. The van der Waals surface area contributed by atoms with E-state index in [2.05, 4.69) is 50.4 Å². The quantitative estimate of drug-likeness (QED) is 0.151. The van der Waals surface area contributed by atoms with Crippen LogP contribution in [0.1, 0.15) is 50.8 Å². The van der Waals surface area contributed by atoms with Gasteiger partial charge in [0, 0.05) is 36.5 Å². The molecule has 1 atom stereocenters. The Morgan fingerprint density at radius 3 is 2.59 bits per heavy atom. The van der Waals surface area contributed by atoms with E-state index in [0.29, 0.717) is 12.5 Å². The number of carbonyl (C=O) groups excluding carboxylic acids is 1. The van der Waals surface area contributed by atoms with Crippen LogP contribution in [0.2, 0.25) is 0 Å². The summed E-state index contributed by atoms with van der Waals surface area (Å²) in [4.78, 5) is 14.0. The molecule has 0 amide bonds. The number of carbonyl (C=O) groups is 1. The van der Waals surface area contributed by atoms with E-state index < -0.39 is 0 Å². The maximum absolute atomic E-state index is 11.7. The van der Waals surface area contributed by atoms with Crippen molar-refractivity contribution in [1.29, 1.82) is 0 Å². The van der Waals surface area contributed by atoms with Gasteiger partial charge in [0.25, 0.3) is 0 Å². The molecule has 1 unspecified atom stereocenters. The Bertz CT molecular complexity index is 885. The van der Waals surface area contributed by atoms with Crippen molar-refractivity contribution in [3.05, 3.63) is 46.3 Å². The first-order chi connectivity index (χ1) is 16.3. The Kier molecular flexibility index (Phi) is 14.5. The molecule has 1 aromatic heterocycles. The maximum atomic E-state index is 11.7. The van der Waals surface area contributed by atoms with Crippen LogP contribution in [0.15, 0.2) is 29.7 Å². The van der Waals surface area contributed by atoms with Crippen molar-refractivity contribution >= 4 is 41.3 Å². The van der Waals surface area contributed by atoms with Gasteiger partial charge in [-0.1, -0.05) is 27.2 Å². The molecule has 0 aliphatic carbocycles. The van der Waals surface area contributed by atoms with E-state index in [9.17, 15) is 4.79 Å². The molecule has 2 rings (SSSR count). The first kappa shape index (κ1) is 29.9. The van der Waals surface area contributed by atoms with Crippen LogP contribution in [0.5, 0.6) is 10.8 Å². The summed E-state index contributed by atoms with van der Waals surface area (Å²) >= 11 is 2.81. The van der Waals surface area contributed by atoms with Crippen molar-refractivity contribution in [2.45, 2.75) is 47.5 Å². The van der Waals surface area contributed by atoms with E-state index >= 15 is 0 Å². The number of nitrogens with one attached hydrogen (secondary N) is 1. The summed E-state index contributed by atoms with van der Waals surface area (Å²) in [5.74, 6) is 1.12. The number of hydrogen-bond donors (Lipinski definition) is 1. The highest BCUT2D eigenvalue weighted by Gasteiger charge is 2.17. The highest BCUT2D eigenvalue weighted by molar-refractivity contribution is 7.93. The molecule has 0 spiro atoms. The Hall–Kier alpha value is -2.16. The topological polar surface area (TPSA) is 60.0 Å². The monoisotopic (exact) mass is 508 g/mol. The van der Waals surface area contributed by atoms with Gasteiger partial charge >= 0.3 is 5.97 Å². The van der Waals surface area contributed by atoms with Gasteiger partial charge in [-0.25, -0.2) is 9.52 Å². The number of thiophene rings is 1. The van der Waals surface area contributed by atoms with Gasteiger partial charge in [0.15, 0.2) is 5.06 Å². The highest BCUT2D eigenvalue weighted by atomic mass is 32.2. The van der Waals surface area contributed by atoms with E-state index in [1.807, 2.05) is 24.6 Å². The molecule has 6 nitrogen and oxygen atoms in total.